The van der Waals surface area contributed by atoms with Gasteiger partial charge in [-0.05, 0) is 12.8 Å². The van der Waals surface area contributed by atoms with Gasteiger partial charge in [0.05, 0.1) is 6.54 Å². The van der Waals surface area contributed by atoms with Crippen molar-refractivity contribution in [2.75, 3.05) is 26.2 Å². The van der Waals surface area contributed by atoms with Crippen LogP contribution in [0.2, 0.25) is 0 Å². The molecule has 4 heteroatoms. The lowest BCUT2D eigenvalue weighted by Crippen LogP contribution is -2.37. The van der Waals surface area contributed by atoms with Crippen LogP contribution >= 0.6 is 0 Å². The number of rotatable bonds is 1. The number of carbonyl (C=O) groups is 1. The molecule has 2 aliphatic rings. The Labute approximate surface area is 77.3 Å². The smallest absolute Gasteiger partial charge is 0.225 e. The SMILES string of the molecule is O=C(C1CC1)N1CCNCC(F)C1. The highest BCUT2D eigenvalue weighted by atomic mass is 19.1. The van der Waals surface area contributed by atoms with Crippen LogP contribution in [0.25, 0.3) is 0 Å². The summed E-state index contributed by atoms with van der Waals surface area (Å²) >= 11 is 0. The molecule has 0 aromatic rings. The molecule has 0 aromatic carbocycles. The van der Waals surface area contributed by atoms with Gasteiger partial charge >= 0.3 is 0 Å². The monoisotopic (exact) mass is 186 g/mol. The standard InChI is InChI=1S/C9H15FN2O/c10-8-5-11-3-4-12(6-8)9(13)7-1-2-7/h7-8,11H,1-6H2. The van der Waals surface area contributed by atoms with E-state index in [-0.39, 0.29) is 18.4 Å². The van der Waals surface area contributed by atoms with Crippen LogP contribution in [0.3, 0.4) is 0 Å². The zero-order valence-electron chi connectivity index (χ0n) is 7.63. The van der Waals surface area contributed by atoms with E-state index in [0.29, 0.717) is 13.1 Å². The van der Waals surface area contributed by atoms with Crippen LogP contribution in [0.15, 0.2) is 0 Å². The van der Waals surface area contributed by atoms with Crippen LogP contribution in [0.1, 0.15) is 12.8 Å². The third-order valence-electron chi connectivity index (χ3n) is 2.58. The topological polar surface area (TPSA) is 32.3 Å². The maximum absolute atomic E-state index is 13.1. The van der Waals surface area contributed by atoms with Crippen molar-refractivity contribution in [2.45, 2.75) is 19.0 Å². The van der Waals surface area contributed by atoms with E-state index in [2.05, 4.69) is 5.32 Å². The molecule has 13 heavy (non-hydrogen) atoms. The van der Waals surface area contributed by atoms with Crippen LogP contribution < -0.4 is 5.32 Å². The van der Waals surface area contributed by atoms with Crippen molar-refractivity contribution in [1.29, 1.82) is 0 Å². The van der Waals surface area contributed by atoms with Gasteiger partial charge in [0.25, 0.3) is 0 Å². The summed E-state index contributed by atoms with van der Waals surface area (Å²) in [5.74, 6) is 0.372. The van der Waals surface area contributed by atoms with Crippen molar-refractivity contribution in [3.8, 4) is 0 Å². The quantitative estimate of drug-likeness (QED) is 0.633. The van der Waals surface area contributed by atoms with Gasteiger partial charge in [0.15, 0.2) is 0 Å². The Bertz CT molecular complexity index is 206. The molecule has 1 aliphatic heterocycles. The van der Waals surface area contributed by atoms with E-state index in [1.54, 1.807) is 4.90 Å². The van der Waals surface area contributed by atoms with Crippen molar-refractivity contribution in [3.63, 3.8) is 0 Å². The minimum Gasteiger partial charge on any atom is -0.338 e. The van der Waals surface area contributed by atoms with Gasteiger partial charge in [-0.3, -0.25) is 4.79 Å². The lowest BCUT2D eigenvalue weighted by Gasteiger charge is -2.20. The Kier molecular flexibility index (Phi) is 2.49. The predicted octanol–water partition coefficient (Wildman–Crippen LogP) is 0.166. The number of nitrogens with zero attached hydrogens (tertiary/aromatic N) is 1. The summed E-state index contributed by atoms with van der Waals surface area (Å²) in [4.78, 5) is 13.3. The number of amides is 1. The second kappa shape index (κ2) is 3.62. The fourth-order valence-corrected chi connectivity index (χ4v) is 1.66. The molecule has 3 nitrogen and oxygen atoms in total. The average molecular weight is 186 g/mol. The summed E-state index contributed by atoms with van der Waals surface area (Å²) in [6, 6.07) is 0. The highest BCUT2D eigenvalue weighted by Crippen LogP contribution is 2.31. The predicted molar refractivity (Wildman–Crippen MR) is 47.1 cm³/mol. The number of alkyl halides is 1. The molecule has 1 unspecified atom stereocenters. The van der Waals surface area contributed by atoms with Crippen LogP contribution in [-0.2, 0) is 4.79 Å². The maximum atomic E-state index is 13.1. The fourth-order valence-electron chi connectivity index (χ4n) is 1.66. The molecule has 1 aliphatic carbocycles. The Balaban J connectivity index is 1.91. The van der Waals surface area contributed by atoms with Crippen LogP contribution in [0.4, 0.5) is 4.39 Å². The molecule has 1 saturated heterocycles. The lowest BCUT2D eigenvalue weighted by molar-refractivity contribution is -0.132. The molecule has 2 fully saturated rings. The molecule has 1 N–H and O–H groups in total. The lowest BCUT2D eigenvalue weighted by atomic mass is 10.3. The van der Waals surface area contributed by atoms with Gasteiger partial charge in [-0.25, -0.2) is 4.39 Å². The Hall–Kier alpha value is -0.640. The molecule has 1 amide bonds. The Morgan fingerprint density at radius 2 is 2.23 bits per heavy atom. The largest absolute Gasteiger partial charge is 0.338 e. The van der Waals surface area contributed by atoms with Gasteiger partial charge in [-0.2, -0.15) is 0 Å². The third-order valence-corrected chi connectivity index (χ3v) is 2.58. The Morgan fingerprint density at radius 3 is 2.92 bits per heavy atom. The van der Waals surface area contributed by atoms with Crippen molar-refractivity contribution in [1.82, 2.24) is 10.2 Å². The average Bonchev–Trinajstić information content (AvgIpc) is 2.88. The number of carbonyl (C=O) groups excluding carboxylic acids is 1. The Morgan fingerprint density at radius 1 is 1.46 bits per heavy atom. The summed E-state index contributed by atoms with van der Waals surface area (Å²) in [5.41, 5.74) is 0. The van der Waals surface area contributed by atoms with Gasteiger partial charge in [-0.15, -0.1) is 0 Å². The number of hydrogen-bond donors (Lipinski definition) is 1. The molecule has 0 spiro atoms. The molecular formula is C9H15FN2O. The molecule has 0 bridgehead atoms. The van der Waals surface area contributed by atoms with E-state index in [4.69, 9.17) is 0 Å². The minimum absolute atomic E-state index is 0.159. The van der Waals surface area contributed by atoms with E-state index in [9.17, 15) is 9.18 Å². The first-order chi connectivity index (χ1) is 6.27. The highest BCUT2D eigenvalue weighted by molar-refractivity contribution is 5.81. The number of hydrogen-bond acceptors (Lipinski definition) is 2. The van der Waals surface area contributed by atoms with E-state index in [0.717, 1.165) is 19.4 Å². The molecule has 1 saturated carbocycles. The second-order valence-corrected chi connectivity index (χ2v) is 3.86. The van der Waals surface area contributed by atoms with Crippen molar-refractivity contribution in [3.05, 3.63) is 0 Å². The van der Waals surface area contributed by atoms with E-state index < -0.39 is 6.17 Å². The van der Waals surface area contributed by atoms with Crippen molar-refractivity contribution < 1.29 is 9.18 Å². The van der Waals surface area contributed by atoms with Gasteiger partial charge in [0, 0.05) is 25.6 Å². The third kappa shape index (κ3) is 2.18. The van der Waals surface area contributed by atoms with Crippen LogP contribution in [-0.4, -0.2) is 43.2 Å². The van der Waals surface area contributed by atoms with Gasteiger partial charge in [-0.1, -0.05) is 0 Å². The number of nitrogens with one attached hydrogen (secondary N) is 1. The summed E-state index contributed by atoms with van der Waals surface area (Å²) in [6.07, 6.45) is 1.10. The first-order valence-electron chi connectivity index (χ1n) is 4.91. The van der Waals surface area contributed by atoms with E-state index in [1.807, 2.05) is 0 Å². The summed E-state index contributed by atoms with van der Waals surface area (Å²) in [5, 5.41) is 2.97. The van der Waals surface area contributed by atoms with Crippen LogP contribution in [0, 0.1) is 5.92 Å². The molecule has 0 radical (unpaired) electrons. The van der Waals surface area contributed by atoms with Gasteiger partial charge < -0.3 is 10.2 Å². The molecule has 1 heterocycles. The molecule has 0 aromatic heterocycles. The zero-order chi connectivity index (χ0) is 9.26. The van der Waals surface area contributed by atoms with Gasteiger partial charge in [0.2, 0.25) is 5.91 Å². The van der Waals surface area contributed by atoms with Crippen molar-refractivity contribution >= 4 is 5.91 Å². The maximum Gasteiger partial charge on any atom is 0.225 e. The first-order valence-corrected chi connectivity index (χ1v) is 4.91. The molecule has 1 atom stereocenters. The summed E-state index contributed by atoms with van der Waals surface area (Å²) in [7, 11) is 0. The summed E-state index contributed by atoms with van der Waals surface area (Å²) < 4.78 is 13.1. The van der Waals surface area contributed by atoms with Crippen LogP contribution in [0.5, 0.6) is 0 Å². The fraction of sp³-hybridized carbons (Fsp3) is 0.889. The molecule has 2 rings (SSSR count). The normalized spacial score (nSPS) is 29.9. The zero-order valence-corrected chi connectivity index (χ0v) is 7.63. The van der Waals surface area contributed by atoms with Crippen molar-refractivity contribution in [2.24, 2.45) is 5.92 Å². The second-order valence-electron chi connectivity index (χ2n) is 3.86. The molecule has 74 valence electrons. The minimum atomic E-state index is -0.898. The number of halogens is 1. The highest BCUT2D eigenvalue weighted by Gasteiger charge is 2.34. The molecular weight excluding hydrogens is 171 g/mol. The first kappa shape index (κ1) is 8.94. The van der Waals surface area contributed by atoms with E-state index in [1.165, 1.54) is 0 Å². The summed E-state index contributed by atoms with van der Waals surface area (Å²) in [6.45, 7) is 2.05. The van der Waals surface area contributed by atoms with E-state index >= 15 is 0 Å². The van der Waals surface area contributed by atoms with Gasteiger partial charge in [0.1, 0.15) is 6.17 Å².